The number of nitrogens with zero attached hydrogens (tertiary/aromatic N) is 1. The fourth-order valence-electron chi connectivity index (χ4n) is 3.60. The van der Waals surface area contributed by atoms with Crippen LogP contribution in [0.5, 0.6) is 0 Å². The molecular formula is C18H30N2O3. The third-order valence-electron chi connectivity index (χ3n) is 5.19. The minimum Gasteiger partial charge on any atom is -0.396 e. The van der Waals surface area contributed by atoms with Crippen molar-refractivity contribution in [3.63, 3.8) is 0 Å². The summed E-state index contributed by atoms with van der Waals surface area (Å²) in [4.78, 5) is 0. The van der Waals surface area contributed by atoms with Gasteiger partial charge in [-0.15, -0.1) is 0 Å². The first-order valence-electron chi connectivity index (χ1n) is 8.83. The van der Waals surface area contributed by atoms with Gasteiger partial charge in [0.2, 0.25) is 0 Å². The van der Waals surface area contributed by atoms with Crippen LogP contribution in [0.15, 0.2) is 10.6 Å². The molecule has 2 heterocycles. The number of rotatable bonds is 5. The van der Waals surface area contributed by atoms with E-state index >= 15 is 0 Å². The molecule has 1 aliphatic heterocycles. The van der Waals surface area contributed by atoms with Crippen LogP contribution in [0.2, 0.25) is 0 Å². The van der Waals surface area contributed by atoms with Crippen LogP contribution in [0.1, 0.15) is 57.9 Å². The molecule has 5 heteroatoms. The summed E-state index contributed by atoms with van der Waals surface area (Å²) in [7, 11) is 0. The summed E-state index contributed by atoms with van der Waals surface area (Å²) >= 11 is 0. The van der Waals surface area contributed by atoms with Crippen molar-refractivity contribution < 1.29 is 14.4 Å². The van der Waals surface area contributed by atoms with E-state index in [0.717, 1.165) is 56.8 Å². The third-order valence-corrected chi connectivity index (χ3v) is 5.19. The average Bonchev–Trinajstić information content (AvgIpc) is 2.94. The van der Waals surface area contributed by atoms with Crippen LogP contribution >= 0.6 is 0 Å². The highest BCUT2D eigenvalue weighted by molar-refractivity contribution is 5.17. The summed E-state index contributed by atoms with van der Waals surface area (Å²) in [6.45, 7) is 8.22. The number of hydrogen-bond donors (Lipinski definition) is 2. The molecule has 2 fully saturated rings. The molecule has 0 bridgehead atoms. The van der Waals surface area contributed by atoms with E-state index in [4.69, 9.17) is 9.26 Å². The summed E-state index contributed by atoms with van der Waals surface area (Å²) in [6.07, 6.45) is 5.36. The first-order valence-corrected chi connectivity index (χ1v) is 8.83. The Bertz CT molecular complexity index is 509. The average molecular weight is 322 g/mol. The summed E-state index contributed by atoms with van der Waals surface area (Å²) in [5, 5.41) is 17.4. The second-order valence-corrected chi connectivity index (χ2v) is 8.43. The predicted molar refractivity (Wildman–Crippen MR) is 88.4 cm³/mol. The summed E-state index contributed by atoms with van der Waals surface area (Å²) in [5.41, 5.74) is 1.00. The number of aliphatic hydroxyl groups excluding tert-OH is 1. The molecule has 2 aliphatic rings. The zero-order chi connectivity index (χ0) is 16.5. The van der Waals surface area contributed by atoms with Gasteiger partial charge in [-0.3, -0.25) is 0 Å². The van der Waals surface area contributed by atoms with Crippen molar-refractivity contribution in [1.29, 1.82) is 0 Å². The van der Waals surface area contributed by atoms with Gasteiger partial charge >= 0.3 is 0 Å². The molecule has 0 radical (unpaired) electrons. The number of aromatic nitrogens is 1. The zero-order valence-electron chi connectivity index (χ0n) is 14.6. The normalized spacial score (nSPS) is 27.7. The van der Waals surface area contributed by atoms with Crippen LogP contribution < -0.4 is 5.32 Å². The summed E-state index contributed by atoms with van der Waals surface area (Å²) in [5.74, 6) is 1.43. The zero-order valence-corrected chi connectivity index (χ0v) is 14.6. The predicted octanol–water partition coefficient (Wildman–Crippen LogP) is 2.42. The van der Waals surface area contributed by atoms with Gasteiger partial charge in [0.15, 0.2) is 0 Å². The maximum Gasteiger partial charge on any atom is 0.142 e. The Hall–Kier alpha value is -0.910. The number of nitrogens with one attached hydrogen (secondary N) is 1. The Morgan fingerprint density at radius 1 is 1.26 bits per heavy atom. The lowest BCUT2D eigenvalue weighted by molar-refractivity contribution is -0.0823. The molecule has 2 N–H and O–H groups in total. The van der Waals surface area contributed by atoms with Crippen LogP contribution in [0.25, 0.3) is 0 Å². The van der Waals surface area contributed by atoms with E-state index in [-0.39, 0.29) is 11.0 Å². The Labute approximate surface area is 138 Å². The quantitative estimate of drug-likeness (QED) is 0.871. The second kappa shape index (κ2) is 6.54. The van der Waals surface area contributed by atoms with E-state index in [1.807, 2.05) is 0 Å². The van der Waals surface area contributed by atoms with Gasteiger partial charge in [0.05, 0.1) is 24.4 Å². The van der Waals surface area contributed by atoms with Crippen LogP contribution in [0, 0.1) is 5.92 Å². The van der Waals surface area contributed by atoms with Gasteiger partial charge in [-0.05, 0) is 31.6 Å². The van der Waals surface area contributed by atoms with Gasteiger partial charge in [0.25, 0.3) is 0 Å². The molecule has 0 spiro atoms. The van der Waals surface area contributed by atoms with Gasteiger partial charge in [-0.25, -0.2) is 0 Å². The Morgan fingerprint density at radius 3 is 2.43 bits per heavy atom. The highest BCUT2D eigenvalue weighted by Crippen LogP contribution is 2.30. The largest absolute Gasteiger partial charge is 0.396 e. The molecule has 23 heavy (non-hydrogen) atoms. The third kappa shape index (κ3) is 3.95. The number of ether oxygens (including phenoxy) is 1. The first kappa shape index (κ1) is 16.9. The Morgan fingerprint density at radius 2 is 1.96 bits per heavy atom. The van der Waals surface area contributed by atoms with Gasteiger partial charge in [0, 0.05) is 30.6 Å². The molecule has 0 atom stereocenters. The molecule has 130 valence electrons. The van der Waals surface area contributed by atoms with Crippen LogP contribution in [0.3, 0.4) is 0 Å². The van der Waals surface area contributed by atoms with Crippen molar-refractivity contribution in [1.82, 2.24) is 10.5 Å². The SMILES string of the molecule is CC(C)(C)c1cc(CC2(NC3CCC(CO)CC3)COC2)no1. The Balaban J connectivity index is 1.59. The molecule has 3 rings (SSSR count). The standard InChI is InChI=1S/C18H30N2O3/c1-17(2,3)16-8-15(20-23-16)9-18(11-22-12-18)19-14-6-4-13(10-21)5-7-14/h8,13-14,19,21H,4-7,9-12H2,1-3H3. The van der Waals surface area contributed by atoms with E-state index in [1.165, 1.54) is 0 Å². The first-order chi connectivity index (χ1) is 10.9. The van der Waals surface area contributed by atoms with E-state index in [1.54, 1.807) is 0 Å². The lowest BCUT2D eigenvalue weighted by atomic mass is 9.83. The molecule has 0 aromatic carbocycles. The fourth-order valence-corrected chi connectivity index (χ4v) is 3.60. The summed E-state index contributed by atoms with van der Waals surface area (Å²) in [6, 6.07) is 2.61. The van der Waals surface area contributed by atoms with Crippen LogP contribution in [-0.2, 0) is 16.6 Å². The molecule has 0 unspecified atom stereocenters. The van der Waals surface area contributed by atoms with E-state index in [9.17, 15) is 5.11 Å². The highest BCUT2D eigenvalue weighted by Gasteiger charge is 2.41. The van der Waals surface area contributed by atoms with Gasteiger partial charge in [0.1, 0.15) is 5.76 Å². The van der Waals surface area contributed by atoms with E-state index in [2.05, 4.69) is 37.3 Å². The van der Waals surface area contributed by atoms with Crippen molar-refractivity contribution in [2.45, 2.75) is 69.9 Å². The monoisotopic (exact) mass is 322 g/mol. The van der Waals surface area contributed by atoms with Crippen molar-refractivity contribution >= 4 is 0 Å². The molecule has 1 aromatic rings. The van der Waals surface area contributed by atoms with Crippen LogP contribution in [-0.4, -0.2) is 41.7 Å². The lowest BCUT2D eigenvalue weighted by Crippen LogP contribution is -2.64. The molecule has 1 aliphatic carbocycles. The van der Waals surface area contributed by atoms with E-state index < -0.39 is 0 Å². The molecule has 1 aromatic heterocycles. The van der Waals surface area contributed by atoms with Gasteiger partial charge < -0.3 is 19.7 Å². The molecule has 0 amide bonds. The minimum absolute atomic E-state index is 0.00272. The minimum atomic E-state index is -0.00929. The second-order valence-electron chi connectivity index (χ2n) is 8.43. The number of aliphatic hydroxyl groups is 1. The summed E-state index contributed by atoms with van der Waals surface area (Å²) < 4.78 is 11.0. The lowest BCUT2D eigenvalue weighted by Gasteiger charge is -2.45. The van der Waals surface area contributed by atoms with Crippen molar-refractivity contribution in [3.8, 4) is 0 Å². The van der Waals surface area contributed by atoms with Crippen molar-refractivity contribution in [3.05, 3.63) is 17.5 Å². The van der Waals surface area contributed by atoms with E-state index in [0.29, 0.717) is 18.6 Å². The molecule has 1 saturated heterocycles. The van der Waals surface area contributed by atoms with Crippen molar-refractivity contribution in [2.75, 3.05) is 19.8 Å². The maximum atomic E-state index is 9.27. The molecule has 1 saturated carbocycles. The fraction of sp³-hybridized carbons (Fsp3) is 0.833. The molecular weight excluding hydrogens is 292 g/mol. The van der Waals surface area contributed by atoms with Crippen LogP contribution in [0.4, 0.5) is 0 Å². The molecule has 5 nitrogen and oxygen atoms in total. The Kier molecular flexibility index (Phi) is 4.81. The topological polar surface area (TPSA) is 67.5 Å². The van der Waals surface area contributed by atoms with Gasteiger partial charge in [-0.1, -0.05) is 25.9 Å². The maximum absolute atomic E-state index is 9.27. The van der Waals surface area contributed by atoms with Crippen molar-refractivity contribution in [2.24, 2.45) is 5.92 Å². The van der Waals surface area contributed by atoms with Gasteiger partial charge in [-0.2, -0.15) is 0 Å². The number of hydrogen-bond acceptors (Lipinski definition) is 5. The smallest absolute Gasteiger partial charge is 0.142 e. The highest BCUT2D eigenvalue weighted by atomic mass is 16.5.